The van der Waals surface area contributed by atoms with E-state index in [9.17, 15) is 29.6 Å². The van der Waals surface area contributed by atoms with Crippen molar-refractivity contribution in [3.05, 3.63) is 111 Å². The third kappa shape index (κ3) is 4.34. The van der Waals surface area contributed by atoms with Crippen LogP contribution in [0.3, 0.4) is 0 Å². The summed E-state index contributed by atoms with van der Waals surface area (Å²) in [4.78, 5) is 50.6. The minimum Gasteiger partial charge on any atom is -0.507 e. The molecule has 0 aliphatic carbocycles. The number of nitro benzene ring substituents is 1. The minimum absolute atomic E-state index is 0.150. The van der Waals surface area contributed by atoms with E-state index < -0.39 is 34.4 Å². The van der Waals surface area contributed by atoms with Gasteiger partial charge in [-0.25, -0.2) is 4.79 Å². The van der Waals surface area contributed by atoms with Gasteiger partial charge in [-0.3, -0.25) is 24.6 Å². The van der Waals surface area contributed by atoms with E-state index in [-0.39, 0.29) is 34.7 Å². The van der Waals surface area contributed by atoms with E-state index in [0.29, 0.717) is 5.56 Å². The number of carbonyl (C=O) groups is 3. The van der Waals surface area contributed by atoms with Crippen molar-refractivity contribution >= 4 is 34.8 Å². The molecule has 0 radical (unpaired) electrons. The number of non-ortho nitro benzene ring substituents is 1. The number of carbonyl (C=O) groups excluding carboxylic acids is 3. The molecule has 1 fully saturated rings. The molecule has 1 atom stereocenters. The first kappa shape index (κ1) is 24.3. The van der Waals surface area contributed by atoms with Crippen LogP contribution < -0.4 is 4.90 Å². The summed E-state index contributed by atoms with van der Waals surface area (Å²) in [7, 11) is 0. The van der Waals surface area contributed by atoms with Gasteiger partial charge in [0.15, 0.2) is 0 Å². The van der Waals surface area contributed by atoms with E-state index >= 15 is 0 Å². The number of hydrogen-bond acceptors (Lipinski definition) is 7. The Morgan fingerprint density at radius 1 is 1.03 bits per heavy atom. The summed E-state index contributed by atoms with van der Waals surface area (Å²) in [5.74, 6) is -2.83. The first-order valence-corrected chi connectivity index (χ1v) is 11.1. The molecular formula is C27H22N2O7. The number of ether oxygens (including phenoxy) is 1. The highest BCUT2D eigenvalue weighted by molar-refractivity contribution is 6.51. The number of Topliss-reactive ketones (excluding diaryl/α,β-unsaturated/α-hetero) is 1. The molecule has 1 aliphatic heterocycles. The predicted molar refractivity (Wildman–Crippen MR) is 131 cm³/mol. The quantitative estimate of drug-likeness (QED) is 0.134. The van der Waals surface area contributed by atoms with Crippen molar-refractivity contribution in [2.75, 3.05) is 11.5 Å². The van der Waals surface area contributed by atoms with Crippen molar-refractivity contribution in [3.63, 3.8) is 0 Å². The van der Waals surface area contributed by atoms with Gasteiger partial charge in [-0.2, -0.15) is 0 Å². The van der Waals surface area contributed by atoms with Crippen molar-refractivity contribution in [3.8, 4) is 0 Å². The highest BCUT2D eigenvalue weighted by Gasteiger charge is 2.47. The molecule has 4 rings (SSSR count). The molecule has 1 N–H and O–H groups in total. The first-order chi connectivity index (χ1) is 17.2. The number of aryl methyl sites for hydroxylation is 1. The monoisotopic (exact) mass is 486 g/mol. The molecule has 1 amide bonds. The third-order valence-corrected chi connectivity index (χ3v) is 5.91. The maximum absolute atomic E-state index is 13.3. The second-order valence-electron chi connectivity index (χ2n) is 8.10. The van der Waals surface area contributed by atoms with Gasteiger partial charge in [-0.05, 0) is 55.3 Å². The Balaban J connectivity index is 1.91. The van der Waals surface area contributed by atoms with Crippen LogP contribution in [0.15, 0.2) is 78.4 Å². The van der Waals surface area contributed by atoms with Gasteiger partial charge in [0.2, 0.25) is 0 Å². The number of ketones is 1. The van der Waals surface area contributed by atoms with E-state index in [1.807, 2.05) is 19.1 Å². The van der Waals surface area contributed by atoms with Crippen molar-refractivity contribution in [2.45, 2.75) is 19.9 Å². The van der Waals surface area contributed by atoms with Crippen molar-refractivity contribution < 1.29 is 29.2 Å². The molecule has 9 nitrogen and oxygen atoms in total. The van der Waals surface area contributed by atoms with Gasteiger partial charge < -0.3 is 9.84 Å². The number of nitrogens with zero attached hydrogens (tertiary/aromatic N) is 2. The highest BCUT2D eigenvalue weighted by atomic mass is 16.6. The van der Waals surface area contributed by atoms with E-state index in [1.165, 1.54) is 41.3 Å². The van der Waals surface area contributed by atoms with Gasteiger partial charge in [0.05, 0.1) is 28.7 Å². The van der Waals surface area contributed by atoms with Crippen molar-refractivity contribution in [2.24, 2.45) is 0 Å². The Kier molecular flexibility index (Phi) is 6.64. The average molecular weight is 486 g/mol. The molecule has 0 bridgehead atoms. The smallest absolute Gasteiger partial charge is 0.338 e. The number of nitro groups is 1. The van der Waals surface area contributed by atoms with Crippen LogP contribution in [0.1, 0.15) is 40.0 Å². The fraction of sp³-hybridized carbons (Fsp3) is 0.148. The van der Waals surface area contributed by atoms with Crippen LogP contribution in [0.2, 0.25) is 0 Å². The Morgan fingerprint density at radius 3 is 2.36 bits per heavy atom. The summed E-state index contributed by atoms with van der Waals surface area (Å²) in [6, 6.07) is 17.3. The fourth-order valence-electron chi connectivity index (χ4n) is 4.18. The molecule has 182 valence electrons. The van der Waals surface area contributed by atoms with Gasteiger partial charge in [-0.1, -0.05) is 30.3 Å². The second kappa shape index (κ2) is 9.83. The lowest BCUT2D eigenvalue weighted by Crippen LogP contribution is -2.30. The molecule has 0 spiro atoms. The topological polar surface area (TPSA) is 127 Å². The van der Waals surface area contributed by atoms with Crippen LogP contribution >= 0.6 is 0 Å². The van der Waals surface area contributed by atoms with E-state index in [0.717, 1.165) is 5.56 Å². The molecule has 0 aromatic heterocycles. The Bertz CT molecular complexity index is 1410. The number of anilines is 1. The normalized spacial score (nSPS) is 16.7. The van der Waals surface area contributed by atoms with E-state index in [2.05, 4.69) is 0 Å². The highest BCUT2D eigenvalue weighted by Crippen LogP contribution is 2.43. The molecule has 9 heteroatoms. The summed E-state index contributed by atoms with van der Waals surface area (Å²) >= 11 is 0. The average Bonchev–Trinajstić information content (AvgIpc) is 3.14. The van der Waals surface area contributed by atoms with E-state index in [1.54, 1.807) is 31.2 Å². The molecule has 3 aromatic carbocycles. The van der Waals surface area contributed by atoms with Crippen LogP contribution in [-0.2, 0) is 14.3 Å². The van der Waals surface area contributed by atoms with Crippen LogP contribution in [0.5, 0.6) is 0 Å². The zero-order chi connectivity index (χ0) is 26.0. The molecule has 1 unspecified atom stereocenters. The van der Waals surface area contributed by atoms with Crippen molar-refractivity contribution in [1.82, 2.24) is 0 Å². The lowest BCUT2D eigenvalue weighted by molar-refractivity contribution is -0.384. The lowest BCUT2D eigenvalue weighted by atomic mass is 9.92. The van der Waals surface area contributed by atoms with Crippen LogP contribution in [0, 0.1) is 17.0 Å². The Morgan fingerprint density at radius 2 is 1.72 bits per heavy atom. The van der Waals surface area contributed by atoms with E-state index in [4.69, 9.17) is 4.74 Å². The molecule has 1 heterocycles. The maximum Gasteiger partial charge on any atom is 0.338 e. The van der Waals surface area contributed by atoms with Gasteiger partial charge in [0.25, 0.3) is 17.4 Å². The maximum atomic E-state index is 13.3. The van der Waals surface area contributed by atoms with Crippen molar-refractivity contribution in [1.29, 1.82) is 0 Å². The number of esters is 1. The zero-order valence-electron chi connectivity index (χ0n) is 19.5. The number of amides is 1. The van der Waals surface area contributed by atoms with Crippen LogP contribution in [0.4, 0.5) is 11.4 Å². The SMILES string of the molecule is CCOC(=O)c1cccc(N2C(=O)C(=O)/C(=C(/O)c3ccc([N+](=O)[O-])cc3)C2c2ccccc2C)c1. The predicted octanol–water partition coefficient (Wildman–Crippen LogP) is 4.71. The summed E-state index contributed by atoms with van der Waals surface area (Å²) < 4.78 is 5.06. The molecule has 36 heavy (non-hydrogen) atoms. The second-order valence-corrected chi connectivity index (χ2v) is 8.10. The summed E-state index contributed by atoms with van der Waals surface area (Å²) in [6.07, 6.45) is 0. The number of benzene rings is 3. The largest absolute Gasteiger partial charge is 0.507 e. The van der Waals surface area contributed by atoms with Gasteiger partial charge >= 0.3 is 5.97 Å². The summed E-state index contributed by atoms with van der Waals surface area (Å²) in [6.45, 7) is 3.67. The van der Waals surface area contributed by atoms with Gasteiger partial charge in [0.1, 0.15) is 5.76 Å². The summed E-state index contributed by atoms with van der Waals surface area (Å²) in [5.41, 5.74) is 1.65. The number of aliphatic hydroxyl groups is 1. The molecule has 3 aromatic rings. The first-order valence-electron chi connectivity index (χ1n) is 11.1. The zero-order valence-corrected chi connectivity index (χ0v) is 19.5. The molecule has 1 aliphatic rings. The molecule has 0 saturated carbocycles. The lowest BCUT2D eigenvalue weighted by Gasteiger charge is -2.27. The summed E-state index contributed by atoms with van der Waals surface area (Å²) in [5, 5.41) is 22.2. The Hall–Kier alpha value is -4.79. The fourth-order valence-corrected chi connectivity index (χ4v) is 4.18. The molecular weight excluding hydrogens is 464 g/mol. The minimum atomic E-state index is -1.00. The van der Waals surface area contributed by atoms with Gasteiger partial charge in [0, 0.05) is 23.4 Å². The molecule has 1 saturated heterocycles. The third-order valence-electron chi connectivity index (χ3n) is 5.91. The standard InChI is InChI=1S/C27H22N2O7/c1-3-36-27(33)18-8-6-9-20(15-18)28-23(21-10-5-4-7-16(21)2)22(25(31)26(28)32)24(30)17-11-13-19(14-12-17)29(34)35/h4-15,23,30H,3H2,1-2H3/b24-22+. The Labute approximate surface area is 206 Å². The number of hydrogen-bond donors (Lipinski definition) is 1. The number of rotatable bonds is 6. The van der Waals surface area contributed by atoms with Crippen LogP contribution in [0.25, 0.3) is 5.76 Å². The van der Waals surface area contributed by atoms with Crippen LogP contribution in [-0.4, -0.2) is 34.3 Å². The number of aliphatic hydroxyl groups excluding tert-OH is 1. The van der Waals surface area contributed by atoms with Gasteiger partial charge in [-0.15, -0.1) is 0 Å².